The van der Waals surface area contributed by atoms with Gasteiger partial charge in [0.15, 0.2) is 0 Å². The van der Waals surface area contributed by atoms with E-state index in [0.717, 1.165) is 55.8 Å². The number of piperidine rings is 1. The van der Waals surface area contributed by atoms with Crippen molar-refractivity contribution in [3.8, 4) is 6.07 Å². The molecule has 1 N–H and O–H groups in total. The second-order valence-electron chi connectivity index (χ2n) is 10.1. The number of anilines is 1. The van der Waals surface area contributed by atoms with Crippen molar-refractivity contribution in [2.24, 2.45) is 0 Å². The Morgan fingerprint density at radius 1 is 1.14 bits per heavy atom. The standard InChI is InChI=1S/C27H26F3N5S/c28-27(29,30)12-21-11-23-25(32-15-33-26(23)36-21)34-20-5-7-35(8-6-20)14-19-4-3-18-9-16(13-31)10-22(18)24(19)17-1-2-17/h3-4,10-11,15,17,20H,1-2,5-9,12,14H2,(H,32,33,34). The molecule has 1 saturated carbocycles. The fourth-order valence-electron chi connectivity index (χ4n) is 5.52. The number of hydrogen-bond acceptors (Lipinski definition) is 6. The van der Waals surface area contributed by atoms with Crippen molar-refractivity contribution in [3.63, 3.8) is 0 Å². The molecular weight excluding hydrogens is 483 g/mol. The number of hydrogen-bond donors (Lipinski definition) is 1. The molecule has 0 amide bonds. The number of thiophene rings is 1. The van der Waals surface area contributed by atoms with Crippen LogP contribution >= 0.6 is 11.3 Å². The van der Waals surface area contributed by atoms with E-state index in [9.17, 15) is 18.4 Å². The molecule has 0 spiro atoms. The van der Waals surface area contributed by atoms with E-state index >= 15 is 0 Å². The number of halogens is 3. The molecule has 6 rings (SSSR count). The maximum atomic E-state index is 12.8. The summed E-state index contributed by atoms with van der Waals surface area (Å²) in [7, 11) is 0. The minimum absolute atomic E-state index is 0.217. The Morgan fingerprint density at radius 3 is 2.67 bits per heavy atom. The van der Waals surface area contributed by atoms with Gasteiger partial charge in [0.1, 0.15) is 17.0 Å². The van der Waals surface area contributed by atoms with Gasteiger partial charge in [-0.15, -0.1) is 11.3 Å². The predicted molar refractivity (Wildman–Crippen MR) is 135 cm³/mol. The Morgan fingerprint density at radius 2 is 1.94 bits per heavy atom. The summed E-state index contributed by atoms with van der Waals surface area (Å²) < 4.78 is 38.5. The number of benzene rings is 1. The first kappa shape index (κ1) is 23.4. The summed E-state index contributed by atoms with van der Waals surface area (Å²) in [5, 5.41) is 13.5. The molecule has 9 heteroatoms. The number of alkyl halides is 3. The summed E-state index contributed by atoms with van der Waals surface area (Å²) in [4.78, 5) is 11.8. The van der Waals surface area contributed by atoms with E-state index in [2.05, 4.69) is 44.5 Å². The topological polar surface area (TPSA) is 64.8 Å². The maximum absolute atomic E-state index is 12.8. The molecule has 2 fully saturated rings. The average Bonchev–Trinajstić information content (AvgIpc) is 3.45. The van der Waals surface area contributed by atoms with Crippen molar-refractivity contribution in [2.75, 3.05) is 18.4 Å². The molecule has 0 radical (unpaired) electrons. The van der Waals surface area contributed by atoms with E-state index in [4.69, 9.17) is 0 Å². The lowest BCUT2D eigenvalue weighted by Crippen LogP contribution is -2.39. The minimum Gasteiger partial charge on any atom is -0.367 e. The van der Waals surface area contributed by atoms with E-state index in [0.29, 0.717) is 22.0 Å². The van der Waals surface area contributed by atoms with Gasteiger partial charge in [0.05, 0.1) is 17.9 Å². The van der Waals surface area contributed by atoms with Crippen LogP contribution in [0.4, 0.5) is 19.0 Å². The third kappa shape index (κ3) is 4.84. The number of nitriles is 1. The number of rotatable bonds is 6. The molecule has 5 nitrogen and oxygen atoms in total. The molecule has 36 heavy (non-hydrogen) atoms. The molecular formula is C27H26F3N5S. The summed E-state index contributed by atoms with van der Waals surface area (Å²) in [5.74, 6) is 1.24. The Bertz CT molecular complexity index is 1370. The van der Waals surface area contributed by atoms with E-state index in [1.807, 2.05) is 0 Å². The highest BCUT2D eigenvalue weighted by molar-refractivity contribution is 7.18. The van der Waals surface area contributed by atoms with Gasteiger partial charge in [0.2, 0.25) is 0 Å². The van der Waals surface area contributed by atoms with Gasteiger partial charge in [-0.1, -0.05) is 12.1 Å². The first-order valence-electron chi connectivity index (χ1n) is 12.4. The van der Waals surface area contributed by atoms with Gasteiger partial charge < -0.3 is 5.32 Å². The zero-order valence-electron chi connectivity index (χ0n) is 19.7. The first-order valence-corrected chi connectivity index (χ1v) is 13.2. The Labute approximate surface area is 211 Å². The lowest BCUT2D eigenvalue weighted by Gasteiger charge is -2.33. The lowest BCUT2D eigenvalue weighted by atomic mass is 9.93. The van der Waals surface area contributed by atoms with E-state index < -0.39 is 12.6 Å². The molecule has 0 atom stereocenters. The van der Waals surface area contributed by atoms with Gasteiger partial charge in [0.25, 0.3) is 0 Å². The van der Waals surface area contributed by atoms with E-state index in [1.165, 1.54) is 41.4 Å². The van der Waals surface area contributed by atoms with Crippen LogP contribution in [0.3, 0.4) is 0 Å². The predicted octanol–water partition coefficient (Wildman–Crippen LogP) is 6.21. The highest BCUT2D eigenvalue weighted by atomic mass is 32.1. The molecule has 186 valence electrons. The SMILES string of the molecule is N#CC1=Cc2c(ccc(CN3CCC(Nc4ncnc5sc(CC(F)(F)F)cc45)CC3)c2C2CC2)C1. The largest absolute Gasteiger partial charge is 0.393 e. The second kappa shape index (κ2) is 9.16. The van der Waals surface area contributed by atoms with Crippen LogP contribution in [0, 0.1) is 11.3 Å². The third-order valence-corrected chi connectivity index (χ3v) is 8.42. The quantitative estimate of drug-likeness (QED) is 0.428. The fourth-order valence-corrected chi connectivity index (χ4v) is 6.55. The average molecular weight is 510 g/mol. The van der Waals surface area contributed by atoms with Crippen LogP contribution in [0.15, 0.2) is 30.1 Å². The molecule has 3 aliphatic rings. The van der Waals surface area contributed by atoms with Crippen LogP contribution in [0.1, 0.15) is 58.7 Å². The lowest BCUT2D eigenvalue weighted by molar-refractivity contribution is -0.126. The number of nitrogens with zero attached hydrogens (tertiary/aromatic N) is 4. The molecule has 1 aliphatic heterocycles. The van der Waals surface area contributed by atoms with Crippen LogP contribution in [0.2, 0.25) is 0 Å². The molecule has 3 heterocycles. The Kier molecular flexibility index (Phi) is 5.97. The molecule has 1 saturated heterocycles. The van der Waals surface area contributed by atoms with Crippen LogP contribution in [-0.2, 0) is 19.4 Å². The first-order chi connectivity index (χ1) is 17.4. The molecule has 2 aromatic heterocycles. The maximum Gasteiger partial charge on any atom is 0.393 e. The van der Waals surface area contributed by atoms with Gasteiger partial charge in [-0.05, 0) is 66.0 Å². The third-order valence-electron chi connectivity index (χ3n) is 7.37. The normalized spacial score (nSPS) is 18.8. The summed E-state index contributed by atoms with van der Waals surface area (Å²) in [6, 6.07) is 8.58. The molecule has 0 unspecified atom stereocenters. The molecule has 2 aliphatic carbocycles. The minimum atomic E-state index is -4.23. The molecule has 3 aromatic rings. The van der Waals surface area contributed by atoms with Crippen LogP contribution in [-0.4, -0.2) is 40.2 Å². The van der Waals surface area contributed by atoms with Gasteiger partial charge >= 0.3 is 6.18 Å². The monoisotopic (exact) mass is 509 g/mol. The summed E-state index contributed by atoms with van der Waals surface area (Å²) in [5.41, 5.74) is 6.25. The zero-order chi connectivity index (χ0) is 24.9. The summed E-state index contributed by atoms with van der Waals surface area (Å²) >= 11 is 1.08. The highest BCUT2D eigenvalue weighted by Gasteiger charge is 2.32. The molecule has 0 bridgehead atoms. The Balaban J connectivity index is 1.12. The van der Waals surface area contributed by atoms with E-state index in [-0.39, 0.29) is 10.9 Å². The van der Waals surface area contributed by atoms with Crippen molar-refractivity contribution in [3.05, 3.63) is 57.2 Å². The van der Waals surface area contributed by atoms with Gasteiger partial charge in [-0.2, -0.15) is 18.4 Å². The van der Waals surface area contributed by atoms with Gasteiger partial charge in [0, 0.05) is 42.5 Å². The number of nitrogens with one attached hydrogen (secondary N) is 1. The highest BCUT2D eigenvalue weighted by Crippen LogP contribution is 2.46. The van der Waals surface area contributed by atoms with E-state index in [1.54, 1.807) is 6.07 Å². The summed E-state index contributed by atoms with van der Waals surface area (Å²) in [6.45, 7) is 2.79. The van der Waals surface area contributed by atoms with Gasteiger partial charge in [-0.25, -0.2) is 9.97 Å². The van der Waals surface area contributed by atoms with Crippen molar-refractivity contribution in [2.45, 2.75) is 63.2 Å². The number of aromatic nitrogens is 2. The van der Waals surface area contributed by atoms with Crippen molar-refractivity contribution >= 4 is 33.4 Å². The zero-order valence-corrected chi connectivity index (χ0v) is 20.6. The van der Waals surface area contributed by atoms with Gasteiger partial charge in [-0.3, -0.25) is 4.90 Å². The van der Waals surface area contributed by atoms with Crippen molar-refractivity contribution in [1.29, 1.82) is 5.26 Å². The van der Waals surface area contributed by atoms with Crippen LogP contribution < -0.4 is 5.32 Å². The fraction of sp³-hybridized carbons (Fsp3) is 0.444. The van der Waals surface area contributed by atoms with Crippen LogP contribution in [0.25, 0.3) is 16.3 Å². The Hall–Kier alpha value is -2.96. The number of allylic oxidation sites excluding steroid dienone is 1. The second-order valence-corrected chi connectivity index (χ2v) is 11.2. The smallest absolute Gasteiger partial charge is 0.367 e. The number of fused-ring (bicyclic) bond motifs is 2. The molecule has 1 aromatic carbocycles. The van der Waals surface area contributed by atoms with Crippen molar-refractivity contribution in [1.82, 2.24) is 14.9 Å². The number of likely N-dealkylation sites (tertiary alicyclic amines) is 1. The van der Waals surface area contributed by atoms with Crippen LogP contribution in [0.5, 0.6) is 0 Å². The summed E-state index contributed by atoms with van der Waals surface area (Å²) in [6.07, 6.45) is 3.42. The van der Waals surface area contributed by atoms with Crippen molar-refractivity contribution < 1.29 is 13.2 Å².